The highest BCUT2D eigenvalue weighted by Gasteiger charge is 2.21. The highest BCUT2D eigenvalue weighted by atomic mass is 32.2. The van der Waals surface area contributed by atoms with Crippen molar-refractivity contribution in [3.63, 3.8) is 0 Å². The van der Waals surface area contributed by atoms with E-state index in [2.05, 4.69) is 4.72 Å². The molecule has 0 fully saturated rings. The third-order valence-electron chi connectivity index (χ3n) is 2.07. The summed E-state index contributed by atoms with van der Waals surface area (Å²) in [5.74, 6) is 0. The maximum absolute atomic E-state index is 12.0. The number of ether oxygens (including phenoxy) is 1. The standard InChI is InChI=1S/C10H17NO4S2/c1-3-15-7-8(2)11-17(13,14)10-4-5-16-9(10)6-12/h4-5,8,11-12H,3,6-7H2,1-2H3. The molecule has 1 atom stereocenters. The highest BCUT2D eigenvalue weighted by Crippen LogP contribution is 2.21. The zero-order valence-electron chi connectivity index (χ0n) is 9.84. The summed E-state index contributed by atoms with van der Waals surface area (Å²) in [6.07, 6.45) is 0. The minimum atomic E-state index is -3.57. The van der Waals surface area contributed by atoms with Gasteiger partial charge in [-0.1, -0.05) is 0 Å². The molecule has 0 aliphatic carbocycles. The van der Waals surface area contributed by atoms with Gasteiger partial charge in [-0.3, -0.25) is 0 Å². The summed E-state index contributed by atoms with van der Waals surface area (Å²) in [6, 6.07) is 1.19. The molecule has 0 spiro atoms. The summed E-state index contributed by atoms with van der Waals surface area (Å²) < 4.78 is 31.6. The number of nitrogens with one attached hydrogen (secondary N) is 1. The number of rotatable bonds is 7. The molecule has 7 heteroatoms. The second-order valence-electron chi connectivity index (χ2n) is 3.55. The van der Waals surface area contributed by atoms with Gasteiger partial charge >= 0.3 is 0 Å². The molecule has 0 bridgehead atoms. The van der Waals surface area contributed by atoms with Crippen LogP contribution in [-0.4, -0.2) is 32.8 Å². The van der Waals surface area contributed by atoms with E-state index in [9.17, 15) is 8.42 Å². The van der Waals surface area contributed by atoms with Crippen molar-refractivity contribution in [2.75, 3.05) is 13.2 Å². The second-order valence-corrected chi connectivity index (χ2v) is 6.23. The topological polar surface area (TPSA) is 75.6 Å². The van der Waals surface area contributed by atoms with Gasteiger partial charge in [-0.2, -0.15) is 0 Å². The summed E-state index contributed by atoms with van der Waals surface area (Å²) in [6.45, 7) is 4.19. The minimum Gasteiger partial charge on any atom is -0.391 e. The quantitative estimate of drug-likeness (QED) is 0.779. The van der Waals surface area contributed by atoms with Crippen molar-refractivity contribution in [3.05, 3.63) is 16.3 Å². The number of thiophene rings is 1. The van der Waals surface area contributed by atoms with Crippen molar-refractivity contribution < 1.29 is 18.3 Å². The Morgan fingerprint density at radius 2 is 2.29 bits per heavy atom. The first-order valence-corrected chi connectivity index (χ1v) is 7.64. The van der Waals surface area contributed by atoms with Gasteiger partial charge in [0.15, 0.2) is 0 Å². The number of hydrogen-bond acceptors (Lipinski definition) is 5. The lowest BCUT2D eigenvalue weighted by molar-refractivity contribution is 0.133. The van der Waals surface area contributed by atoms with Crippen LogP contribution in [0.1, 0.15) is 18.7 Å². The maximum Gasteiger partial charge on any atom is 0.242 e. The van der Waals surface area contributed by atoms with Gasteiger partial charge < -0.3 is 9.84 Å². The van der Waals surface area contributed by atoms with Crippen molar-refractivity contribution in [3.8, 4) is 0 Å². The molecule has 1 aromatic heterocycles. The van der Waals surface area contributed by atoms with E-state index in [1.807, 2.05) is 6.92 Å². The molecule has 0 aliphatic heterocycles. The lowest BCUT2D eigenvalue weighted by atomic mass is 10.4. The van der Waals surface area contributed by atoms with Gasteiger partial charge in [-0.25, -0.2) is 13.1 Å². The summed E-state index contributed by atoms with van der Waals surface area (Å²) in [4.78, 5) is 0.592. The van der Waals surface area contributed by atoms with E-state index in [0.717, 1.165) is 0 Å². The molecule has 0 radical (unpaired) electrons. The minimum absolute atomic E-state index is 0.147. The fourth-order valence-electron chi connectivity index (χ4n) is 1.34. The van der Waals surface area contributed by atoms with Crippen molar-refractivity contribution in [1.82, 2.24) is 4.72 Å². The molecule has 0 aromatic carbocycles. The molecule has 1 rings (SSSR count). The van der Waals surface area contributed by atoms with Crippen LogP contribution in [0.3, 0.4) is 0 Å². The number of sulfonamides is 1. The van der Waals surface area contributed by atoms with E-state index < -0.39 is 10.0 Å². The zero-order valence-corrected chi connectivity index (χ0v) is 11.5. The van der Waals surface area contributed by atoms with Crippen LogP contribution in [0.5, 0.6) is 0 Å². The Labute approximate surface area is 105 Å². The van der Waals surface area contributed by atoms with Crippen molar-refractivity contribution in [2.45, 2.75) is 31.4 Å². The largest absolute Gasteiger partial charge is 0.391 e. The van der Waals surface area contributed by atoms with E-state index >= 15 is 0 Å². The van der Waals surface area contributed by atoms with Crippen molar-refractivity contribution in [1.29, 1.82) is 0 Å². The predicted molar refractivity (Wildman–Crippen MR) is 66.5 cm³/mol. The molecule has 1 heterocycles. The van der Waals surface area contributed by atoms with E-state index in [4.69, 9.17) is 9.84 Å². The van der Waals surface area contributed by atoms with Gasteiger partial charge in [0.1, 0.15) is 0 Å². The van der Waals surface area contributed by atoms with Crippen LogP contribution in [0, 0.1) is 0 Å². The summed E-state index contributed by atoms with van der Waals surface area (Å²) in [5, 5.41) is 10.7. The Kier molecular flexibility index (Phi) is 5.54. The highest BCUT2D eigenvalue weighted by molar-refractivity contribution is 7.89. The molecule has 1 unspecified atom stereocenters. The van der Waals surface area contributed by atoms with Gasteiger partial charge in [-0.05, 0) is 25.3 Å². The van der Waals surface area contributed by atoms with Crippen LogP contribution < -0.4 is 4.72 Å². The fourth-order valence-corrected chi connectivity index (χ4v) is 3.86. The molecule has 0 amide bonds. The normalized spacial score (nSPS) is 13.8. The first kappa shape index (κ1) is 14.6. The number of aliphatic hydroxyl groups excluding tert-OH is 1. The van der Waals surface area contributed by atoms with E-state index in [1.54, 1.807) is 12.3 Å². The smallest absolute Gasteiger partial charge is 0.242 e. The molecule has 0 aliphatic rings. The number of hydrogen-bond donors (Lipinski definition) is 2. The Morgan fingerprint density at radius 1 is 1.59 bits per heavy atom. The first-order valence-electron chi connectivity index (χ1n) is 5.28. The third kappa shape index (κ3) is 4.04. The molecule has 5 nitrogen and oxygen atoms in total. The maximum atomic E-state index is 12.0. The molecule has 98 valence electrons. The van der Waals surface area contributed by atoms with Gasteiger partial charge in [0, 0.05) is 17.5 Å². The Balaban J connectivity index is 2.75. The SMILES string of the molecule is CCOCC(C)NS(=O)(=O)c1ccsc1CO. The first-order chi connectivity index (χ1) is 8.01. The van der Waals surface area contributed by atoms with Crippen molar-refractivity contribution >= 4 is 21.4 Å². The Bertz CT molecular complexity index is 441. The third-order valence-corrected chi connectivity index (χ3v) is 4.78. The average molecular weight is 279 g/mol. The number of aliphatic hydroxyl groups is 1. The summed E-state index contributed by atoms with van der Waals surface area (Å²) in [7, 11) is -3.57. The van der Waals surface area contributed by atoms with Gasteiger partial charge in [0.2, 0.25) is 10.0 Å². The predicted octanol–water partition coefficient (Wildman–Crippen LogP) is 0.944. The van der Waals surface area contributed by atoms with Gasteiger partial charge in [-0.15, -0.1) is 11.3 Å². The zero-order chi connectivity index (χ0) is 12.9. The van der Waals surface area contributed by atoms with E-state index in [0.29, 0.717) is 18.1 Å². The molecule has 1 aromatic rings. The van der Waals surface area contributed by atoms with E-state index in [-0.39, 0.29) is 17.5 Å². The average Bonchev–Trinajstić information content (AvgIpc) is 2.74. The van der Waals surface area contributed by atoms with Crippen LogP contribution in [0.4, 0.5) is 0 Å². The van der Waals surface area contributed by atoms with Crippen LogP contribution in [0.25, 0.3) is 0 Å². The molecule has 0 saturated carbocycles. The Morgan fingerprint density at radius 3 is 2.88 bits per heavy atom. The van der Waals surface area contributed by atoms with E-state index in [1.165, 1.54) is 17.4 Å². The lowest BCUT2D eigenvalue weighted by Crippen LogP contribution is -2.36. The van der Waals surface area contributed by atoms with Gasteiger partial charge in [0.25, 0.3) is 0 Å². The van der Waals surface area contributed by atoms with Crippen LogP contribution in [0.15, 0.2) is 16.3 Å². The summed E-state index contributed by atoms with van der Waals surface area (Å²) >= 11 is 1.22. The van der Waals surface area contributed by atoms with Crippen LogP contribution >= 0.6 is 11.3 Å². The lowest BCUT2D eigenvalue weighted by Gasteiger charge is -2.13. The monoisotopic (exact) mass is 279 g/mol. The van der Waals surface area contributed by atoms with Crippen LogP contribution in [-0.2, 0) is 21.4 Å². The Hall–Kier alpha value is -0.470. The fraction of sp³-hybridized carbons (Fsp3) is 0.600. The molecular weight excluding hydrogens is 262 g/mol. The van der Waals surface area contributed by atoms with Gasteiger partial charge in [0.05, 0.1) is 18.1 Å². The molecule has 17 heavy (non-hydrogen) atoms. The van der Waals surface area contributed by atoms with Crippen LogP contribution in [0.2, 0.25) is 0 Å². The second kappa shape index (κ2) is 6.46. The molecular formula is C10H17NO4S2. The molecule has 0 saturated heterocycles. The van der Waals surface area contributed by atoms with Crippen molar-refractivity contribution in [2.24, 2.45) is 0 Å². The summed E-state index contributed by atoms with van der Waals surface area (Å²) in [5.41, 5.74) is 0. The molecule has 2 N–H and O–H groups in total.